The van der Waals surface area contributed by atoms with Crippen molar-refractivity contribution in [1.29, 1.82) is 0 Å². The molecule has 0 atom stereocenters. The van der Waals surface area contributed by atoms with Crippen molar-refractivity contribution in [3.63, 3.8) is 0 Å². The molecule has 1 aromatic rings. The molecule has 86 valence electrons. The fourth-order valence-corrected chi connectivity index (χ4v) is 1.11. The van der Waals surface area contributed by atoms with Crippen LogP contribution in [-0.4, -0.2) is 41.4 Å². The van der Waals surface area contributed by atoms with Crippen molar-refractivity contribution in [2.45, 2.75) is 0 Å². The number of pyridine rings is 1. The van der Waals surface area contributed by atoms with Gasteiger partial charge >= 0.3 is 0 Å². The van der Waals surface area contributed by atoms with Crippen molar-refractivity contribution >= 4 is 28.9 Å². The molecule has 0 saturated heterocycles. The van der Waals surface area contributed by atoms with Crippen LogP contribution in [0.3, 0.4) is 0 Å². The van der Waals surface area contributed by atoms with Gasteiger partial charge in [0.05, 0.1) is 12.2 Å². The molecule has 5 nitrogen and oxygen atoms in total. The van der Waals surface area contributed by atoms with Crippen molar-refractivity contribution in [1.82, 2.24) is 9.88 Å². The van der Waals surface area contributed by atoms with Crippen LogP contribution in [-0.2, 0) is 4.79 Å². The van der Waals surface area contributed by atoms with Crippen molar-refractivity contribution in [2.24, 2.45) is 5.73 Å². The summed E-state index contributed by atoms with van der Waals surface area (Å²) in [6.45, 7) is 0.195. The quantitative estimate of drug-likeness (QED) is 0.734. The Morgan fingerprint density at radius 3 is 2.81 bits per heavy atom. The smallest absolute Gasteiger partial charge is 0.241 e. The largest absolute Gasteiger partial charge is 0.388 e. The van der Waals surface area contributed by atoms with Crippen LogP contribution in [0.4, 0.5) is 5.82 Å². The first kappa shape index (κ1) is 12.4. The van der Waals surface area contributed by atoms with Gasteiger partial charge < -0.3 is 16.0 Å². The summed E-state index contributed by atoms with van der Waals surface area (Å²) in [7, 11) is 3.39. The van der Waals surface area contributed by atoms with Gasteiger partial charge in [0, 0.05) is 14.1 Å². The van der Waals surface area contributed by atoms with Crippen molar-refractivity contribution < 1.29 is 4.79 Å². The molecule has 16 heavy (non-hydrogen) atoms. The molecule has 0 aliphatic rings. The minimum absolute atomic E-state index is 0.0254. The van der Waals surface area contributed by atoms with E-state index in [2.05, 4.69) is 10.3 Å². The van der Waals surface area contributed by atoms with E-state index in [1.165, 1.54) is 4.90 Å². The average molecular weight is 238 g/mol. The molecule has 1 amide bonds. The third-order valence-corrected chi connectivity index (χ3v) is 2.13. The van der Waals surface area contributed by atoms with Crippen LogP contribution in [0.5, 0.6) is 0 Å². The number of carbonyl (C=O) groups is 1. The summed E-state index contributed by atoms with van der Waals surface area (Å²) < 4.78 is 0. The molecule has 1 heterocycles. The highest BCUT2D eigenvalue weighted by Gasteiger charge is 2.04. The van der Waals surface area contributed by atoms with E-state index in [-0.39, 0.29) is 17.4 Å². The first-order valence-electron chi connectivity index (χ1n) is 4.71. The highest BCUT2D eigenvalue weighted by Crippen LogP contribution is 2.04. The van der Waals surface area contributed by atoms with Crippen LogP contribution in [0, 0.1) is 0 Å². The predicted octanol–water partition coefficient (Wildman–Crippen LogP) is 0.216. The number of nitrogens with one attached hydrogen (secondary N) is 1. The van der Waals surface area contributed by atoms with E-state index >= 15 is 0 Å². The Kier molecular flexibility index (Phi) is 4.19. The molecule has 0 bridgehead atoms. The van der Waals surface area contributed by atoms with Gasteiger partial charge in [-0.1, -0.05) is 18.3 Å². The van der Waals surface area contributed by atoms with E-state index < -0.39 is 0 Å². The Morgan fingerprint density at radius 2 is 2.25 bits per heavy atom. The summed E-state index contributed by atoms with van der Waals surface area (Å²) in [5.74, 6) is 0.558. The zero-order valence-electron chi connectivity index (χ0n) is 9.23. The highest BCUT2D eigenvalue weighted by atomic mass is 32.1. The number of carbonyl (C=O) groups excluding carboxylic acids is 1. The second kappa shape index (κ2) is 5.41. The Balaban J connectivity index is 2.64. The van der Waals surface area contributed by atoms with Gasteiger partial charge in [-0.05, 0) is 12.1 Å². The van der Waals surface area contributed by atoms with E-state index in [1.807, 2.05) is 0 Å². The molecular formula is C10H14N4OS. The molecule has 0 radical (unpaired) electrons. The number of aromatic nitrogens is 1. The lowest BCUT2D eigenvalue weighted by Gasteiger charge is -2.11. The van der Waals surface area contributed by atoms with Crippen LogP contribution in [0.1, 0.15) is 5.69 Å². The number of thiocarbonyl (C=S) groups is 1. The number of rotatable bonds is 4. The maximum atomic E-state index is 11.3. The van der Waals surface area contributed by atoms with Gasteiger partial charge in [0.25, 0.3) is 0 Å². The minimum atomic E-state index is -0.0254. The first-order chi connectivity index (χ1) is 7.50. The van der Waals surface area contributed by atoms with Gasteiger partial charge in [0.15, 0.2) is 0 Å². The number of amides is 1. The molecule has 0 fully saturated rings. The molecule has 0 unspecified atom stereocenters. The predicted molar refractivity (Wildman–Crippen MR) is 67.3 cm³/mol. The first-order valence-corrected chi connectivity index (χ1v) is 5.12. The molecule has 1 aromatic heterocycles. The Hall–Kier alpha value is -1.69. The van der Waals surface area contributed by atoms with Crippen LogP contribution in [0.15, 0.2) is 18.2 Å². The standard InChI is InChI=1S/C10H14N4OS/c1-14(2)9(15)6-12-8-5-3-4-7(13-8)10(11)16/h3-5H,6H2,1-2H3,(H2,11,16)(H,12,13). The number of nitrogens with zero attached hydrogens (tertiary/aromatic N) is 2. The summed E-state index contributed by atoms with van der Waals surface area (Å²) in [6.07, 6.45) is 0. The Morgan fingerprint density at radius 1 is 1.56 bits per heavy atom. The van der Waals surface area contributed by atoms with Crippen LogP contribution < -0.4 is 11.1 Å². The normalized spacial score (nSPS) is 9.62. The average Bonchev–Trinajstić information content (AvgIpc) is 2.26. The lowest BCUT2D eigenvalue weighted by Crippen LogP contribution is -2.29. The zero-order chi connectivity index (χ0) is 12.1. The molecule has 3 N–H and O–H groups in total. The minimum Gasteiger partial charge on any atom is -0.388 e. The van der Waals surface area contributed by atoms with Crippen molar-refractivity contribution in [2.75, 3.05) is 26.0 Å². The molecule has 0 aliphatic heterocycles. The Labute approximate surface area is 99.6 Å². The number of anilines is 1. The lowest BCUT2D eigenvalue weighted by atomic mass is 10.3. The summed E-state index contributed by atoms with van der Waals surface area (Å²) in [6, 6.07) is 5.26. The molecular weight excluding hydrogens is 224 g/mol. The van der Waals surface area contributed by atoms with Crippen LogP contribution in [0.2, 0.25) is 0 Å². The fraction of sp³-hybridized carbons (Fsp3) is 0.300. The van der Waals surface area contributed by atoms with Crippen molar-refractivity contribution in [3.05, 3.63) is 23.9 Å². The number of nitrogens with two attached hydrogens (primary N) is 1. The van der Waals surface area contributed by atoms with E-state index in [9.17, 15) is 4.79 Å². The molecule has 0 saturated carbocycles. The molecule has 0 aliphatic carbocycles. The van der Waals surface area contributed by atoms with Gasteiger partial charge in [-0.15, -0.1) is 0 Å². The van der Waals surface area contributed by atoms with Gasteiger partial charge in [-0.2, -0.15) is 0 Å². The molecule has 0 spiro atoms. The topological polar surface area (TPSA) is 71.2 Å². The zero-order valence-corrected chi connectivity index (χ0v) is 10.0. The molecule has 0 aromatic carbocycles. The SMILES string of the molecule is CN(C)C(=O)CNc1cccc(C(N)=S)n1. The van der Waals surface area contributed by atoms with Gasteiger partial charge in [-0.3, -0.25) is 4.79 Å². The van der Waals surface area contributed by atoms with Gasteiger partial charge in [-0.25, -0.2) is 4.98 Å². The summed E-state index contributed by atoms with van der Waals surface area (Å²) in [5.41, 5.74) is 5.99. The number of likely N-dealkylation sites (N-methyl/N-ethyl adjacent to an activating group) is 1. The van der Waals surface area contributed by atoms with Crippen LogP contribution in [0.25, 0.3) is 0 Å². The van der Waals surface area contributed by atoms with E-state index in [0.717, 1.165) is 0 Å². The summed E-state index contributed by atoms with van der Waals surface area (Å²) in [4.78, 5) is 17.2. The van der Waals surface area contributed by atoms with E-state index in [1.54, 1.807) is 32.3 Å². The highest BCUT2D eigenvalue weighted by molar-refractivity contribution is 7.80. The molecule has 1 rings (SSSR count). The summed E-state index contributed by atoms with van der Waals surface area (Å²) >= 11 is 4.81. The lowest BCUT2D eigenvalue weighted by molar-refractivity contribution is -0.126. The second-order valence-corrected chi connectivity index (χ2v) is 3.85. The van der Waals surface area contributed by atoms with E-state index in [0.29, 0.717) is 11.5 Å². The van der Waals surface area contributed by atoms with Crippen molar-refractivity contribution in [3.8, 4) is 0 Å². The van der Waals surface area contributed by atoms with Crippen LogP contribution >= 0.6 is 12.2 Å². The number of hydrogen-bond acceptors (Lipinski definition) is 4. The monoisotopic (exact) mass is 238 g/mol. The summed E-state index contributed by atoms with van der Waals surface area (Å²) in [5, 5.41) is 2.90. The molecule has 6 heteroatoms. The maximum absolute atomic E-state index is 11.3. The van der Waals surface area contributed by atoms with E-state index in [4.69, 9.17) is 18.0 Å². The van der Waals surface area contributed by atoms with Gasteiger partial charge in [0.2, 0.25) is 5.91 Å². The number of hydrogen-bond donors (Lipinski definition) is 2. The van der Waals surface area contributed by atoms with Gasteiger partial charge in [0.1, 0.15) is 10.8 Å². The third kappa shape index (κ3) is 3.47. The second-order valence-electron chi connectivity index (χ2n) is 3.41. The third-order valence-electron chi connectivity index (χ3n) is 1.92. The Bertz CT molecular complexity index is 406. The maximum Gasteiger partial charge on any atom is 0.241 e. The fourth-order valence-electron chi connectivity index (χ4n) is 0.995.